The Balaban J connectivity index is 2.05. The molecule has 82 valence electrons. The monoisotopic (exact) mass is 218 g/mol. The molecule has 4 nitrogen and oxygen atoms in total. The number of aromatic nitrogens is 3. The van der Waals surface area contributed by atoms with Crippen LogP contribution in [0.3, 0.4) is 0 Å². The molecule has 0 radical (unpaired) electrons. The van der Waals surface area contributed by atoms with Gasteiger partial charge in [0, 0.05) is 12.7 Å². The van der Waals surface area contributed by atoms with Crippen LogP contribution >= 0.6 is 0 Å². The molecule has 3 rings (SSSR count). The molecule has 0 aromatic carbocycles. The van der Waals surface area contributed by atoms with Gasteiger partial charge in [0.25, 0.3) is 0 Å². The van der Waals surface area contributed by atoms with E-state index in [9.17, 15) is 4.39 Å². The van der Waals surface area contributed by atoms with Crippen molar-refractivity contribution in [3.8, 4) is 0 Å². The fourth-order valence-electron chi connectivity index (χ4n) is 1.99. The van der Waals surface area contributed by atoms with Crippen molar-refractivity contribution in [2.45, 2.75) is 6.42 Å². The van der Waals surface area contributed by atoms with Crippen LogP contribution in [0.1, 0.15) is 6.42 Å². The number of hydrogen-bond donors (Lipinski definition) is 1. The lowest BCUT2D eigenvalue weighted by molar-refractivity contribution is 0.573. The molecule has 2 aromatic heterocycles. The van der Waals surface area contributed by atoms with E-state index in [1.54, 1.807) is 6.08 Å². The molecule has 0 saturated carbocycles. The molecule has 1 aliphatic heterocycles. The lowest BCUT2D eigenvalue weighted by Gasteiger charge is -2.25. The quantitative estimate of drug-likeness (QED) is 0.796. The molecule has 0 bridgehead atoms. The second-order valence-corrected chi connectivity index (χ2v) is 3.80. The molecular weight excluding hydrogens is 207 g/mol. The van der Waals surface area contributed by atoms with Crippen LogP contribution in [-0.2, 0) is 0 Å². The van der Waals surface area contributed by atoms with Gasteiger partial charge in [0.05, 0.1) is 11.9 Å². The van der Waals surface area contributed by atoms with Crippen LogP contribution < -0.4 is 4.90 Å². The first-order chi connectivity index (χ1) is 7.84. The van der Waals surface area contributed by atoms with E-state index in [0.29, 0.717) is 6.54 Å². The van der Waals surface area contributed by atoms with Gasteiger partial charge < -0.3 is 9.88 Å². The Labute approximate surface area is 91.8 Å². The first-order valence-electron chi connectivity index (χ1n) is 5.22. The Bertz CT molecular complexity index is 546. The third kappa shape index (κ3) is 1.44. The van der Waals surface area contributed by atoms with Crippen molar-refractivity contribution in [2.24, 2.45) is 0 Å². The summed E-state index contributed by atoms with van der Waals surface area (Å²) in [6, 6.07) is 1.92. The van der Waals surface area contributed by atoms with E-state index in [-0.39, 0.29) is 5.83 Å². The topological polar surface area (TPSA) is 44.8 Å². The summed E-state index contributed by atoms with van der Waals surface area (Å²) in [6.45, 7) is 1.10. The first-order valence-corrected chi connectivity index (χ1v) is 5.22. The number of nitrogens with one attached hydrogen (secondary N) is 1. The van der Waals surface area contributed by atoms with Crippen LogP contribution in [0.4, 0.5) is 10.2 Å². The van der Waals surface area contributed by atoms with Gasteiger partial charge in [-0.3, -0.25) is 0 Å². The third-order valence-electron chi connectivity index (χ3n) is 2.74. The molecule has 0 spiro atoms. The molecule has 0 fully saturated rings. The fraction of sp³-hybridized carbons (Fsp3) is 0.273. The Hall–Kier alpha value is -1.91. The van der Waals surface area contributed by atoms with Gasteiger partial charge in [0.15, 0.2) is 0 Å². The van der Waals surface area contributed by atoms with Crippen molar-refractivity contribution in [3.05, 3.63) is 30.5 Å². The third-order valence-corrected chi connectivity index (χ3v) is 2.74. The van der Waals surface area contributed by atoms with Crippen LogP contribution in [0, 0.1) is 0 Å². The van der Waals surface area contributed by atoms with E-state index in [2.05, 4.69) is 15.0 Å². The highest BCUT2D eigenvalue weighted by Crippen LogP contribution is 2.24. The van der Waals surface area contributed by atoms with Crippen molar-refractivity contribution in [1.29, 1.82) is 0 Å². The predicted octanol–water partition coefficient (Wildman–Crippen LogP) is 2.02. The molecule has 0 amide bonds. The maximum Gasteiger partial charge on any atom is 0.142 e. The molecule has 0 atom stereocenters. The van der Waals surface area contributed by atoms with Crippen molar-refractivity contribution < 1.29 is 4.39 Å². The number of rotatable bonds is 1. The highest BCUT2D eigenvalue weighted by molar-refractivity contribution is 5.87. The van der Waals surface area contributed by atoms with Crippen LogP contribution in [0.25, 0.3) is 11.0 Å². The summed E-state index contributed by atoms with van der Waals surface area (Å²) in [7, 11) is 0. The van der Waals surface area contributed by atoms with E-state index in [1.807, 2.05) is 17.2 Å². The summed E-state index contributed by atoms with van der Waals surface area (Å²) in [4.78, 5) is 13.3. The van der Waals surface area contributed by atoms with Gasteiger partial charge in [-0.15, -0.1) is 0 Å². The number of fused-ring (bicyclic) bond motifs is 1. The van der Waals surface area contributed by atoms with Crippen LogP contribution in [0.15, 0.2) is 30.5 Å². The molecule has 1 N–H and O–H groups in total. The van der Waals surface area contributed by atoms with Crippen molar-refractivity contribution in [3.63, 3.8) is 0 Å². The maximum absolute atomic E-state index is 13.2. The minimum absolute atomic E-state index is 0.0893. The number of halogens is 1. The van der Waals surface area contributed by atoms with Gasteiger partial charge in [-0.05, 0) is 18.6 Å². The standard InChI is InChI=1S/C11H11FN4/c12-8-2-1-5-16(6-8)11-9-3-4-13-10(9)14-7-15-11/h2-4,7H,1,5-6H2,(H,13,14,15). The van der Waals surface area contributed by atoms with Crippen molar-refractivity contribution in [2.75, 3.05) is 18.0 Å². The zero-order valence-electron chi connectivity index (χ0n) is 8.65. The first kappa shape index (κ1) is 9.33. The number of aromatic amines is 1. The van der Waals surface area contributed by atoms with Gasteiger partial charge in [-0.25, -0.2) is 14.4 Å². The molecule has 1 aliphatic rings. The Kier molecular flexibility index (Phi) is 2.09. The molecule has 0 aliphatic carbocycles. The summed E-state index contributed by atoms with van der Waals surface area (Å²) in [6.07, 6.45) is 5.68. The molecular formula is C11H11FN4. The van der Waals surface area contributed by atoms with Crippen LogP contribution in [-0.4, -0.2) is 28.0 Å². The number of H-pyrrole nitrogens is 1. The fourth-order valence-corrected chi connectivity index (χ4v) is 1.99. The Morgan fingerprint density at radius 2 is 2.31 bits per heavy atom. The van der Waals surface area contributed by atoms with Crippen molar-refractivity contribution in [1.82, 2.24) is 15.0 Å². The predicted molar refractivity (Wildman–Crippen MR) is 59.9 cm³/mol. The average Bonchev–Trinajstić information content (AvgIpc) is 2.76. The van der Waals surface area contributed by atoms with Crippen molar-refractivity contribution >= 4 is 16.9 Å². The SMILES string of the molecule is FC1=CCCN(c2ncnc3[nH]ccc23)C1. The molecule has 0 saturated heterocycles. The van der Waals surface area contributed by atoms with Crippen LogP contribution in [0.5, 0.6) is 0 Å². The van der Waals surface area contributed by atoms with E-state index in [1.165, 1.54) is 6.33 Å². The number of anilines is 1. The molecule has 16 heavy (non-hydrogen) atoms. The largest absolute Gasteiger partial charge is 0.349 e. The lowest BCUT2D eigenvalue weighted by atomic mass is 10.2. The molecule has 3 heterocycles. The second-order valence-electron chi connectivity index (χ2n) is 3.80. The second kappa shape index (κ2) is 3.59. The number of hydrogen-bond acceptors (Lipinski definition) is 3. The maximum atomic E-state index is 13.2. The summed E-state index contributed by atoms with van der Waals surface area (Å²) in [5.74, 6) is 0.711. The highest BCUT2D eigenvalue weighted by atomic mass is 19.1. The van der Waals surface area contributed by atoms with Gasteiger partial charge in [0.2, 0.25) is 0 Å². The Morgan fingerprint density at radius 1 is 1.38 bits per heavy atom. The minimum Gasteiger partial charge on any atom is -0.349 e. The molecule has 0 unspecified atom stereocenters. The normalized spacial score (nSPS) is 16.6. The summed E-state index contributed by atoms with van der Waals surface area (Å²) in [5, 5.41) is 0.942. The van der Waals surface area contributed by atoms with E-state index < -0.39 is 0 Å². The summed E-state index contributed by atoms with van der Waals surface area (Å²) in [5.41, 5.74) is 0.792. The van der Waals surface area contributed by atoms with E-state index in [4.69, 9.17) is 0 Å². The van der Waals surface area contributed by atoms with E-state index in [0.717, 1.165) is 29.8 Å². The zero-order chi connectivity index (χ0) is 11.0. The summed E-state index contributed by atoms with van der Waals surface area (Å²) >= 11 is 0. The number of nitrogens with zero attached hydrogens (tertiary/aromatic N) is 3. The van der Waals surface area contributed by atoms with Gasteiger partial charge in [-0.1, -0.05) is 0 Å². The highest BCUT2D eigenvalue weighted by Gasteiger charge is 2.16. The average molecular weight is 218 g/mol. The zero-order valence-corrected chi connectivity index (χ0v) is 8.65. The lowest BCUT2D eigenvalue weighted by Crippen LogP contribution is -2.29. The summed E-state index contributed by atoms with van der Waals surface area (Å²) < 4.78 is 13.2. The van der Waals surface area contributed by atoms with E-state index >= 15 is 0 Å². The van der Waals surface area contributed by atoms with Gasteiger partial charge >= 0.3 is 0 Å². The van der Waals surface area contributed by atoms with Crippen LogP contribution in [0.2, 0.25) is 0 Å². The molecule has 5 heteroatoms. The molecule has 2 aromatic rings. The van der Waals surface area contributed by atoms with Gasteiger partial charge in [-0.2, -0.15) is 0 Å². The van der Waals surface area contributed by atoms with Gasteiger partial charge in [0.1, 0.15) is 23.6 Å². The Morgan fingerprint density at radius 3 is 3.19 bits per heavy atom. The minimum atomic E-state index is -0.0893. The smallest absolute Gasteiger partial charge is 0.142 e.